The molecule has 1 heterocycles. The summed E-state index contributed by atoms with van der Waals surface area (Å²) in [6.45, 7) is 10.5. The first-order chi connectivity index (χ1) is 12.6. The maximum absolute atomic E-state index is 11.8. The number of amides is 1. The number of nitrogens with one attached hydrogen (secondary N) is 2. The van der Waals surface area contributed by atoms with E-state index in [0.717, 1.165) is 45.1 Å². The lowest BCUT2D eigenvalue weighted by atomic mass is 10.2. The number of likely N-dealkylation sites (tertiary alicyclic amines) is 1. The van der Waals surface area contributed by atoms with Crippen molar-refractivity contribution in [3.8, 4) is 0 Å². The smallest absolute Gasteiger partial charge is 0.222 e. The van der Waals surface area contributed by atoms with E-state index >= 15 is 0 Å². The normalized spacial score (nSPS) is 17.3. The fourth-order valence-electron chi connectivity index (χ4n) is 3.39. The van der Waals surface area contributed by atoms with Crippen molar-refractivity contribution in [1.29, 1.82) is 0 Å². The van der Waals surface area contributed by atoms with E-state index < -0.39 is 0 Å². The van der Waals surface area contributed by atoms with Crippen molar-refractivity contribution >= 4 is 17.6 Å². The molecule has 1 atom stereocenters. The number of likely N-dealkylation sites (N-methyl/N-ethyl adjacent to an activating group) is 1. The fraction of sp³-hybridized carbons (Fsp3) is 0.600. The van der Waals surface area contributed by atoms with Gasteiger partial charge in [0.05, 0.1) is 0 Å². The van der Waals surface area contributed by atoms with Crippen LogP contribution in [0.25, 0.3) is 0 Å². The van der Waals surface area contributed by atoms with Crippen molar-refractivity contribution in [2.45, 2.75) is 39.7 Å². The number of guanidine groups is 1. The van der Waals surface area contributed by atoms with Gasteiger partial charge in [-0.2, -0.15) is 0 Å². The first-order valence-electron chi connectivity index (χ1n) is 9.64. The number of aryl methyl sites for hydroxylation is 1. The van der Waals surface area contributed by atoms with E-state index in [0.29, 0.717) is 6.42 Å². The molecule has 0 radical (unpaired) electrons. The molecule has 2 rings (SSSR count). The molecule has 0 aromatic heterocycles. The third kappa shape index (κ3) is 5.38. The molecule has 1 fully saturated rings. The second kappa shape index (κ2) is 10.0. The summed E-state index contributed by atoms with van der Waals surface area (Å²) in [4.78, 5) is 20.4. The monoisotopic (exact) mass is 359 g/mol. The highest BCUT2D eigenvalue weighted by molar-refractivity contribution is 5.80. The molecule has 6 nitrogen and oxygen atoms in total. The number of hydrogen-bond acceptors (Lipinski definition) is 3. The van der Waals surface area contributed by atoms with Crippen LogP contribution in [-0.4, -0.2) is 62.6 Å². The Balaban J connectivity index is 1.80. The first-order valence-corrected chi connectivity index (χ1v) is 9.64. The van der Waals surface area contributed by atoms with Crippen molar-refractivity contribution in [2.24, 2.45) is 4.99 Å². The Morgan fingerprint density at radius 2 is 2.12 bits per heavy atom. The van der Waals surface area contributed by atoms with Crippen LogP contribution in [0, 0.1) is 6.92 Å². The Hall–Kier alpha value is -2.24. The van der Waals surface area contributed by atoms with E-state index in [4.69, 9.17) is 0 Å². The Labute approximate surface area is 157 Å². The third-order valence-electron chi connectivity index (χ3n) is 4.92. The van der Waals surface area contributed by atoms with Gasteiger partial charge in [-0.05, 0) is 31.9 Å². The van der Waals surface area contributed by atoms with Crippen LogP contribution in [0.5, 0.6) is 0 Å². The maximum Gasteiger partial charge on any atom is 0.222 e. The summed E-state index contributed by atoms with van der Waals surface area (Å²) in [6.07, 6.45) is 1.54. The van der Waals surface area contributed by atoms with Gasteiger partial charge >= 0.3 is 0 Å². The second-order valence-corrected chi connectivity index (χ2v) is 6.69. The van der Waals surface area contributed by atoms with Crippen LogP contribution in [0.1, 0.15) is 32.3 Å². The van der Waals surface area contributed by atoms with E-state index in [1.54, 1.807) is 7.05 Å². The summed E-state index contributed by atoms with van der Waals surface area (Å²) in [5.74, 6) is 1.04. The number of para-hydroxylation sites is 1. The van der Waals surface area contributed by atoms with Gasteiger partial charge in [-0.25, -0.2) is 0 Å². The summed E-state index contributed by atoms with van der Waals surface area (Å²) in [7, 11) is 1.79. The Kier molecular flexibility index (Phi) is 7.75. The number of hydrogen-bond donors (Lipinski definition) is 2. The Morgan fingerprint density at radius 1 is 1.35 bits per heavy atom. The molecule has 1 unspecified atom stereocenters. The highest BCUT2D eigenvalue weighted by Crippen LogP contribution is 2.18. The molecule has 6 heteroatoms. The minimum Gasteiger partial charge on any atom is -0.370 e. The van der Waals surface area contributed by atoms with Crippen molar-refractivity contribution in [3.63, 3.8) is 0 Å². The lowest BCUT2D eigenvalue weighted by molar-refractivity contribution is -0.129. The SMILES string of the molecule is CCC(=O)N1CCC(NC(=NC)NCCN(CC)c2ccccc2C)C1. The van der Waals surface area contributed by atoms with Gasteiger partial charge in [0.15, 0.2) is 5.96 Å². The van der Waals surface area contributed by atoms with E-state index in [1.807, 2.05) is 11.8 Å². The Morgan fingerprint density at radius 3 is 2.77 bits per heavy atom. The van der Waals surface area contributed by atoms with E-state index in [2.05, 4.69) is 58.6 Å². The standard InChI is InChI=1S/C20H33N5O/c1-5-19(26)25-13-11-17(15-25)23-20(21-4)22-12-14-24(6-2)18-10-8-7-9-16(18)3/h7-10,17H,5-6,11-15H2,1-4H3,(H2,21,22,23). The summed E-state index contributed by atoms with van der Waals surface area (Å²) in [5.41, 5.74) is 2.58. The van der Waals surface area contributed by atoms with Gasteiger partial charge in [-0.3, -0.25) is 9.79 Å². The molecule has 0 bridgehead atoms. The second-order valence-electron chi connectivity index (χ2n) is 6.69. The number of benzene rings is 1. The summed E-state index contributed by atoms with van der Waals surface area (Å²) in [5, 5.41) is 6.85. The average molecular weight is 360 g/mol. The van der Waals surface area contributed by atoms with Crippen LogP contribution < -0.4 is 15.5 Å². The minimum absolute atomic E-state index is 0.231. The van der Waals surface area contributed by atoms with Gasteiger partial charge in [-0.1, -0.05) is 25.1 Å². The zero-order valence-electron chi connectivity index (χ0n) is 16.6. The van der Waals surface area contributed by atoms with Gasteiger partial charge in [-0.15, -0.1) is 0 Å². The van der Waals surface area contributed by atoms with Gasteiger partial charge in [0.1, 0.15) is 0 Å². The number of carbonyl (C=O) groups is 1. The van der Waals surface area contributed by atoms with Gasteiger partial charge < -0.3 is 20.4 Å². The number of aliphatic imine (C=N–C) groups is 1. The Bertz CT molecular complexity index is 616. The molecule has 1 aliphatic rings. The van der Waals surface area contributed by atoms with Crippen molar-refractivity contribution < 1.29 is 4.79 Å². The lowest BCUT2D eigenvalue weighted by Gasteiger charge is -2.26. The van der Waals surface area contributed by atoms with Gasteiger partial charge in [0, 0.05) is 57.9 Å². The molecule has 0 saturated carbocycles. The molecule has 26 heavy (non-hydrogen) atoms. The predicted octanol–water partition coefficient (Wildman–Crippen LogP) is 2.00. The van der Waals surface area contributed by atoms with Crippen LogP contribution in [0.2, 0.25) is 0 Å². The fourth-order valence-corrected chi connectivity index (χ4v) is 3.39. The average Bonchev–Trinajstić information content (AvgIpc) is 3.13. The number of nitrogens with zero attached hydrogens (tertiary/aromatic N) is 3. The topological polar surface area (TPSA) is 60.0 Å². The maximum atomic E-state index is 11.8. The largest absolute Gasteiger partial charge is 0.370 e. The predicted molar refractivity (Wildman–Crippen MR) is 109 cm³/mol. The summed E-state index contributed by atoms with van der Waals surface area (Å²) < 4.78 is 0. The van der Waals surface area contributed by atoms with E-state index in [1.165, 1.54) is 11.3 Å². The first kappa shape index (κ1) is 20.1. The number of anilines is 1. The molecule has 1 aromatic rings. The molecule has 1 amide bonds. The molecule has 1 aromatic carbocycles. The van der Waals surface area contributed by atoms with E-state index in [9.17, 15) is 4.79 Å². The van der Waals surface area contributed by atoms with Gasteiger partial charge in [0.25, 0.3) is 0 Å². The van der Waals surface area contributed by atoms with E-state index in [-0.39, 0.29) is 11.9 Å². The quantitative estimate of drug-likeness (QED) is 0.577. The van der Waals surface area contributed by atoms with Crippen LogP contribution in [0.15, 0.2) is 29.3 Å². The molecule has 2 N–H and O–H groups in total. The minimum atomic E-state index is 0.231. The number of carbonyl (C=O) groups excluding carboxylic acids is 1. The zero-order chi connectivity index (χ0) is 18.9. The molecular formula is C20H33N5O. The molecule has 144 valence electrons. The van der Waals surface area contributed by atoms with Crippen LogP contribution in [0.4, 0.5) is 5.69 Å². The summed E-state index contributed by atoms with van der Waals surface area (Å²) >= 11 is 0. The molecule has 0 spiro atoms. The van der Waals surface area contributed by atoms with Crippen molar-refractivity contribution in [3.05, 3.63) is 29.8 Å². The lowest BCUT2D eigenvalue weighted by Crippen LogP contribution is -2.47. The van der Waals surface area contributed by atoms with Crippen molar-refractivity contribution in [1.82, 2.24) is 15.5 Å². The van der Waals surface area contributed by atoms with Gasteiger partial charge in [0.2, 0.25) is 5.91 Å². The molecule has 0 aliphatic carbocycles. The summed E-state index contributed by atoms with van der Waals surface area (Å²) in [6, 6.07) is 8.75. The molecular weight excluding hydrogens is 326 g/mol. The number of rotatable bonds is 7. The van der Waals surface area contributed by atoms with Crippen LogP contribution in [-0.2, 0) is 4.79 Å². The highest BCUT2D eigenvalue weighted by atomic mass is 16.2. The van der Waals surface area contributed by atoms with Crippen molar-refractivity contribution in [2.75, 3.05) is 44.7 Å². The molecule has 1 aliphatic heterocycles. The molecule has 1 saturated heterocycles. The zero-order valence-corrected chi connectivity index (χ0v) is 16.6. The highest BCUT2D eigenvalue weighted by Gasteiger charge is 2.25. The third-order valence-corrected chi connectivity index (χ3v) is 4.92. The van der Waals surface area contributed by atoms with Crippen LogP contribution >= 0.6 is 0 Å². The van der Waals surface area contributed by atoms with Crippen LogP contribution in [0.3, 0.4) is 0 Å².